The third-order valence-corrected chi connectivity index (χ3v) is 6.09. The highest BCUT2D eigenvalue weighted by Crippen LogP contribution is 2.09. The summed E-state index contributed by atoms with van der Waals surface area (Å²) in [7, 11) is 0. The van der Waals surface area contributed by atoms with Gasteiger partial charge in [-0.15, -0.1) is 0 Å². The molecule has 2 rings (SSSR count). The number of benzene rings is 2. The van der Waals surface area contributed by atoms with E-state index in [2.05, 4.69) is 16.0 Å². The van der Waals surface area contributed by atoms with Crippen molar-refractivity contribution in [3.05, 3.63) is 71.8 Å². The lowest BCUT2D eigenvalue weighted by Gasteiger charge is -2.25. The zero-order valence-electron chi connectivity index (χ0n) is 19.7. The Morgan fingerprint density at radius 2 is 1.32 bits per heavy atom. The molecule has 0 aliphatic carbocycles. The monoisotopic (exact) mass is 483 g/mol. The second kappa shape index (κ2) is 14.9. The largest absolute Gasteiger partial charge is 0.347 e. The van der Waals surface area contributed by atoms with Gasteiger partial charge in [0.2, 0.25) is 18.2 Å². The number of hydrogen-bond donors (Lipinski definition) is 3. The van der Waals surface area contributed by atoms with E-state index in [1.54, 1.807) is 18.7 Å². The molecular weight excluding hydrogens is 450 g/mol. The van der Waals surface area contributed by atoms with E-state index in [0.717, 1.165) is 11.1 Å². The van der Waals surface area contributed by atoms with Crippen molar-refractivity contribution in [2.45, 2.75) is 50.7 Å². The number of hydrogen-bond acceptors (Lipinski definition) is 5. The average molecular weight is 484 g/mol. The third kappa shape index (κ3) is 9.02. The van der Waals surface area contributed by atoms with Gasteiger partial charge < -0.3 is 16.0 Å². The van der Waals surface area contributed by atoms with Crippen LogP contribution in [-0.4, -0.2) is 54.1 Å². The summed E-state index contributed by atoms with van der Waals surface area (Å²) in [5.74, 6) is -0.269. The maximum atomic E-state index is 13.3. The molecule has 0 saturated carbocycles. The van der Waals surface area contributed by atoms with Crippen molar-refractivity contribution >= 4 is 35.8 Å². The van der Waals surface area contributed by atoms with Crippen LogP contribution in [-0.2, 0) is 32.0 Å². The van der Waals surface area contributed by atoms with Crippen LogP contribution in [0, 0.1) is 0 Å². The van der Waals surface area contributed by atoms with Crippen LogP contribution < -0.4 is 16.0 Å². The van der Waals surface area contributed by atoms with Crippen LogP contribution in [0.1, 0.15) is 30.9 Å². The minimum absolute atomic E-state index is 0.0811. The van der Waals surface area contributed by atoms with Gasteiger partial charge in [0.25, 0.3) is 0 Å². The first-order chi connectivity index (χ1) is 16.5. The molecule has 2 aromatic rings. The molecule has 3 N–H and O–H groups in total. The number of carbonyl (C=O) groups is 4. The Bertz CT molecular complexity index is 924. The second-order valence-electron chi connectivity index (χ2n) is 7.94. The van der Waals surface area contributed by atoms with Crippen LogP contribution in [0.25, 0.3) is 0 Å². The minimum atomic E-state index is -0.900. The van der Waals surface area contributed by atoms with E-state index < -0.39 is 29.9 Å². The molecule has 8 heteroatoms. The van der Waals surface area contributed by atoms with Crippen molar-refractivity contribution in [1.82, 2.24) is 16.0 Å². The van der Waals surface area contributed by atoms with E-state index in [1.165, 1.54) is 0 Å². The maximum Gasteiger partial charge on any atom is 0.243 e. The molecule has 0 radical (unpaired) electrons. The van der Waals surface area contributed by atoms with Crippen molar-refractivity contribution in [2.75, 3.05) is 12.0 Å². The van der Waals surface area contributed by atoms with Crippen LogP contribution in [0.15, 0.2) is 60.7 Å². The number of thioether (sulfide) groups is 1. The summed E-state index contributed by atoms with van der Waals surface area (Å²) in [5.41, 5.74) is 1.80. The quantitative estimate of drug-likeness (QED) is 0.337. The van der Waals surface area contributed by atoms with Crippen LogP contribution >= 0.6 is 11.8 Å². The van der Waals surface area contributed by atoms with Crippen LogP contribution in [0.3, 0.4) is 0 Å². The molecule has 34 heavy (non-hydrogen) atoms. The molecule has 3 atom stereocenters. The second-order valence-corrected chi connectivity index (χ2v) is 8.93. The zero-order valence-corrected chi connectivity index (χ0v) is 20.5. The topological polar surface area (TPSA) is 104 Å². The summed E-state index contributed by atoms with van der Waals surface area (Å²) in [5, 5.41) is 8.19. The lowest BCUT2D eigenvalue weighted by Crippen LogP contribution is -2.56. The summed E-state index contributed by atoms with van der Waals surface area (Å²) in [6, 6.07) is 16.5. The van der Waals surface area contributed by atoms with Crippen molar-refractivity contribution in [3.8, 4) is 0 Å². The molecule has 0 aliphatic heterocycles. The summed E-state index contributed by atoms with van der Waals surface area (Å²) in [6.07, 6.45) is 3.76. The SMILES string of the molecule is CCC(=O)C(Cc1ccccc1)NC(=O)C(Cc1ccccc1)NC(=O)C(CCSC)NC=O. The average Bonchev–Trinajstić information content (AvgIpc) is 2.86. The highest BCUT2D eigenvalue weighted by atomic mass is 32.2. The van der Waals surface area contributed by atoms with E-state index in [-0.39, 0.29) is 18.6 Å². The van der Waals surface area contributed by atoms with Gasteiger partial charge in [0.1, 0.15) is 12.1 Å². The molecule has 0 saturated heterocycles. The minimum Gasteiger partial charge on any atom is -0.347 e. The normalized spacial score (nSPS) is 13.2. The van der Waals surface area contributed by atoms with E-state index in [9.17, 15) is 19.2 Å². The van der Waals surface area contributed by atoms with Crippen molar-refractivity contribution in [1.29, 1.82) is 0 Å². The van der Waals surface area contributed by atoms with Crippen LogP contribution in [0.2, 0.25) is 0 Å². The first-order valence-electron chi connectivity index (χ1n) is 11.4. The van der Waals surface area contributed by atoms with Crippen molar-refractivity contribution in [3.63, 3.8) is 0 Å². The van der Waals surface area contributed by atoms with Crippen LogP contribution in [0.5, 0.6) is 0 Å². The highest BCUT2D eigenvalue weighted by Gasteiger charge is 2.28. The van der Waals surface area contributed by atoms with E-state index in [1.807, 2.05) is 66.9 Å². The Kier molecular flexibility index (Phi) is 11.9. The Hall–Kier alpha value is -3.13. The zero-order chi connectivity index (χ0) is 24.8. The molecule has 3 unspecified atom stereocenters. The number of amides is 3. The number of Topliss-reactive ketones (excluding diaryl/α,β-unsaturated/α-hetero) is 1. The molecule has 3 amide bonds. The summed E-state index contributed by atoms with van der Waals surface area (Å²) in [4.78, 5) is 49.9. The molecule has 2 aromatic carbocycles. The van der Waals surface area contributed by atoms with Gasteiger partial charge in [-0.2, -0.15) is 11.8 Å². The Labute approximate surface area is 205 Å². The van der Waals surface area contributed by atoms with Gasteiger partial charge in [0.05, 0.1) is 6.04 Å². The molecule has 0 aromatic heterocycles. The first kappa shape index (κ1) is 27.1. The molecular formula is C26H33N3O4S. The Morgan fingerprint density at radius 1 is 0.824 bits per heavy atom. The lowest BCUT2D eigenvalue weighted by atomic mass is 9.99. The fourth-order valence-corrected chi connectivity index (χ4v) is 4.02. The highest BCUT2D eigenvalue weighted by molar-refractivity contribution is 7.98. The predicted molar refractivity (Wildman–Crippen MR) is 135 cm³/mol. The number of rotatable bonds is 15. The molecule has 182 valence electrons. The molecule has 0 fully saturated rings. The van der Waals surface area contributed by atoms with Crippen LogP contribution in [0.4, 0.5) is 0 Å². The smallest absolute Gasteiger partial charge is 0.243 e. The van der Waals surface area contributed by atoms with Gasteiger partial charge in [0.15, 0.2) is 5.78 Å². The Balaban J connectivity index is 2.21. The first-order valence-corrected chi connectivity index (χ1v) is 12.8. The van der Waals surface area contributed by atoms with Gasteiger partial charge in [-0.05, 0) is 36.0 Å². The Morgan fingerprint density at radius 3 is 1.82 bits per heavy atom. The number of carbonyl (C=O) groups excluding carboxylic acids is 4. The van der Waals surface area contributed by atoms with Gasteiger partial charge >= 0.3 is 0 Å². The van der Waals surface area contributed by atoms with E-state index >= 15 is 0 Å². The predicted octanol–water partition coefficient (Wildman–Crippen LogP) is 2.29. The standard InChI is InChI=1S/C26H33N3O4S/c1-3-24(31)22(16-19-10-6-4-7-11-19)28-26(33)23(17-20-12-8-5-9-13-20)29-25(32)21(27-18-30)14-15-34-2/h4-13,18,21-23H,3,14-17H2,1-2H3,(H,27,30)(H,28,33)(H,29,32). The van der Waals surface area contributed by atoms with E-state index in [0.29, 0.717) is 25.0 Å². The van der Waals surface area contributed by atoms with Crippen molar-refractivity contribution in [2.24, 2.45) is 0 Å². The number of ketones is 1. The van der Waals surface area contributed by atoms with Gasteiger partial charge in [0, 0.05) is 12.8 Å². The van der Waals surface area contributed by atoms with Gasteiger partial charge in [-0.3, -0.25) is 19.2 Å². The van der Waals surface area contributed by atoms with Gasteiger partial charge in [-0.25, -0.2) is 0 Å². The number of nitrogens with one attached hydrogen (secondary N) is 3. The molecule has 0 heterocycles. The maximum absolute atomic E-state index is 13.3. The molecule has 0 spiro atoms. The summed E-state index contributed by atoms with van der Waals surface area (Å²) >= 11 is 1.56. The molecule has 0 bridgehead atoms. The van der Waals surface area contributed by atoms with Crippen molar-refractivity contribution < 1.29 is 19.2 Å². The summed E-state index contributed by atoms with van der Waals surface area (Å²) in [6.45, 7) is 1.76. The van der Waals surface area contributed by atoms with Gasteiger partial charge in [-0.1, -0.05) is 67.6 Å². The van der Waals surface area contributed by atoms with E-state index in [4.69, 9.17) is 0 Å². The molecule has 7 nitrogen and oxygen atoms in total. The lowest BCUT2D eigenvalue weighted by molar-refractivity contribution is -0.132. The summed E-state index contributed by atoms with van der Waals surface area (Å²) < 4.78 is 0. The fraction of sp³-hybridized carbons (Fsp3) is 0.385. The fourth-order valence-electron chi connectivity index (χ4n) is 3.55. The third-order valence-electron chi connectivity index (χ3n) is 5.45. The molecule has 0 aliphatic rings.